The molecule has 0 spiro atoms. The van der Waals surface area contributed by atoms with Crippen molar-refractivity contribution in [1.29, 1.82) is 0 Å². The number of rotatable bonds is 3. The van der Waals surface area contributed by atoms with Crippen molar-refractivity contribution in [2.45, 2.75) is 32.7 Å². The van der Waals surface area contributed by atoms with Gasteiger partial charge in [-0.25, -0.2) is 0 Å². The van der Waals surface area contributed by atoms with Crippen molar-refractivity contribution in [3.63, 3.8) is 0 Å². The monoisotopic (exact) mass is 266 g/mol. The Morgan fingerprint density at radius 3 is 2.58 bits per heavy atom. The van der Waals surface area contributed by atoms with Gasteiger partial charge < -0.3 is 14.7 Å². The van der Waals surface area contributed by atoms with Gasteiger partial charge in [0.15, 0.2) is 0 Å². The normalized spacial score (nSPS) is 23.4. The number of aliphatic hydroxyl groups is 1. The third-order valence-corrected chi connectivity index (χ3v) is 3.20. The topological polar surface area (TPSA) is 75.8 Å². The van der Waals surface area contributed by atoms with Crippen LogP contribution in [0.3, 0.4) is 0 Å². The zero-order valence-electron chi connectivity index (χ0n) is 11.1. The molecule has 1 N–H and O–H groups in total. The minimum atomic E-state index is -0.451. The molecule has 2 rings (SSSR count). The van der Waals surface area contributed by atoms with E-state index in [1.165, 1.54) is 12.1 Å². The molecule has 6 heteroatoms. The number of nitro groups is 1. The molecule has 1 aromatic carbocycles. The van der Waals surface area contributed by atoms with Crippen LogP contribution >= 0.6 is 0 Å². The van der Waals surface area contributed by atoms with Crippen molar-refractivity contribution in [2.75, 3.05) is 18.0 Å². The maximum Gasteiger partial charge on any atom is 0.269 e. The Kier molecular flexibility index (Phi) is 4.01. The standard InChI is InChI=1S/C13H18N2O4/c1-9-6-14(7-10(2)19-9)13-4-3-12(15(17)18)5-11(13)8-16/h3-5,9-10,16H,6-8H2,1-2H3. The van der Waals surface area contributed by atoms with E-state index < -0.39 is 4.92 Å². The highest BCUT2D eigenvalue weighted by Gasteiger charge is 2.24. The maximum atomic E-state index is 10.8. The maximum absolute atomic E-state index is 10.8. The van der Waals surface area contributed by atoms with Crippen molar-refractivity contribution >= 4 is 11.4 Å². The number of nitro benzene ring substituents is 1. The second-order valence-electron chi connectivity index (χ2n) is 4.89. The molecule has 0 bridgehead atoms. The Labute approximate surface area is 111 Å². The number of nitrogens with zero attached hydrogens (tertiary/aromatic N) is 2. The number of ether oxygens (including phenoxy) is 1. The molecule has 1 fully saturated rings. The highest BCUT2D eigenvalue weighted by molar-refractivity contribution is 5.58. The van der Waals surface area contributed by atoms with Crippen molar-refractivity contribution in [3.05, 3.63) is 33.9 Å². The van der Waals surface area contributed by atoms with Crippen LogP contribution < -0.4 is 4.90 Å². The number of aliphatic hydroxyl groups excluding tert-OH is 1. The number of morpholine rings is 1. The summed E-state index contributed by atoms with van der Waals surface area (Å²) in [5.74, 6) is 0. The van der Waals surface area contributed by atoms with Gasteiger partial charge in [-0.1, -0.05) is 0 Å². The highest BCUT2D eigenvalue weighted by atomic mass is 16.6. The van der Waals surface area contributed by atoms with Crippen LogP contribution in [0.25, 0.3) is 0 Å². The van der Waals surface area contributed by atoms with Crippen LogP contribution in [0.15, 0.2) is 18.2 Å². The van der Waals surface area contributed by atoms with Gasteiger partial charge in [-0.15, -0.1) is 0 Å². The van der Waals surface area contributed by atoms with Crippen LogP contribution in [-0.2, 0) is 11.3 Å². The Morgan fingerprint density at radius 2 is 2.05 bits per heavy atom. The van der Waals surface area contributed by atoms with Crippen LogP contribution in [-0.4, -0.2) is 35.3 Å². The second-order valence-corrected chi connectivity index (χ2v) is 4.89. The summed E-state index contributed by atoms with van der Waals surface area (Å²) in [6.07, 6.45) is 0.205. The van der Waals surface area contributed by atoms with Crippen LogP contribution in [0.5, 0.6) is 0 Å². The second kappa shape index (κ2) is 5.54. The molecule has 1 aliphatic heterocycles. The Bertz CT molecular complexity index is 468. The predicted molar refractivity (Wildman–Crippen MR) is 71.2 cm³/mol. The van der Waals surface area contributed by atoms with E-state index in [1.807, 2.05) is 13.8 Å². The quantitative estimate of drug-likeness (QED) is 0.665. The molecule has 0 aliphatic carbocycles. The van der Waals surface area contributed by atoms with Gasteiger partial charge in [-0.2, -0.15) is 0 Å². The molecule has 19 heavy (non-hydrogen) atoms. The highest BCUT2D eigenvalue weighted by Crippen LogP contribution is 2.28. The first-order valence-corrected chi connectivity index (χ1v) is 6.30. The Morgan fingerprint density at radius 1 is 1.42 bits per heavy atom. The Hall–Kier alpha value is -1.66. The lowest BCUT2D eigenvalue weighted by Crippen LogP contribution is -2.45. The van der Waals surface area contributed by atoms with E-state index >= 15 is 0 Å². The van der Waals surface area contributed by atoms with E-state index in [0.717, 1.165) is 18.8 Å². The molecule has 1 saturated heterocycles. The van der Waals surface area contributed by atoms with Crippen molar-refractivity contribution < 1.29 is 14.8 Å². The van der Waals surface area contributed by atoms with Gasteiger partial charge >= 0.3 is 0 Å². The fraction of sp³-hybridized carbons (Fsp3) is 0.538. The van der Waals surface area contributed by atoms with E-state index in [1.54, 1.807) is 6.07 Å². The molecule has 1 aromatic rings. The summed E-state index contributed by atoms with van der Waals surface area (Å²) < 4.78 is 5.66. The fourth-order valence-corrected chi connectivity index (χ4v) is 2.50. The number of anilines is 1. The van der Waals surface area contributed by atoms with Crippen LogP contribution in [0.4, 0.5) is 11.4 Å². The lowest BCUT2D eigenvalue weighted by atomic mass is 10.1. The average Bonchev–Trinajstić information content (AvgIpc) is 2.36. The summed E-state index contributed by atoms with van der Waals surface area (Å²) in [7, 11) is 0. The van der Waals surface area contributed by atoms with E-state index in [9.17, 15) is 15.2 Å². The van der Waals surface area contributed by atoms with Gasteiger partial charge in [0.2, 0.25) is 0 Å². The molecule has 0 saturated carbocycles. The molecular weight excluding hydrogens is 248 g/mol. The number of non-ortho nitro benzene ring substituents is 1. The fourth-order valence-electron chi connectivity index (χ4n) is 2.50. The molecule has 1 heterocycles. The molecule has 104 valence electrons. The van der Waals surface area contributed by atoms with E-state index in [2.05, 4.69) is 4.90 Å². The van der Waals surface area contributed by atoms with E-state index in [0.29, 0.717) is 5.56 Å². The third kappa shape index (κ3) is 3.02. The van der Waals surface area contributed by atoms with Crippen LogP contribution in [0, 0.1) is 10.1 Å². The summed E-state index contributed by atoms with van der Waals surface area (Å²) in [5, 5.41) is 20.2. The molecule has 6 nitrogen and oxygen atoms in total. The smallest absolute Gasteiger partial charge is 0.269 e. The number of hydrogen-bond donors (Lipinski definition) is 1. The minimum Gasteiger partial charge on any atom is -0.392 e. The first-order valence-electron chi connectivity index (χ1n) is 6.30. The van der Waals surface area contributed by atoms with Gasteiger partial charge in [0, 0.05) is 36.5 Å². The van der Waals surface area contributed by atoms with Gasteiger partial charge in [-0.05, 0) is 19.9 Å². The predicted octanol–water partition coefficient (Wildman–Crippen LogP) is 1.70. The molecule has 2 unspecified atom stereocenters. The zero-order valence-corrected chi connectivity index (χ0v) is 11.1. The van der Waals surface area contributed by atoms with Gasteiger partial charge in [0.1, 0.15) is 0 Å². The van der Waals surface area contributed by atoms with Crippen molar-refractivity contribution in [2.24, 2.45) is 0 Å². The van der Waals surface area contributed by atoms with E-state index in [-0.39, 0.29) is 24.5 Å². The molecule has 2 atom stereocenters. The lowest BCUT2D eigenvalue weighted by Gasteiger charge is -2.37. The van der Waals surface area contributed by atoms with Crippen molar-refractivity contribution in [3.8, 4) is 0 Å². The number of hydrogen-bond acceptors (Lipinski definition) is 5. The Balaban J connectivity index is 2.30. The van der Waals surface area contributed by atoms with Gasteiger partial charge in [-0.3, -0.25) is 10.1 Å². The molecular formula is C13H18N2O4. The lowest BCUT2D eigenvalue weighted by molar-refractivity contribution is -0.384. The molecule has 0 amide bonds. The third-order valence-electron chi connectivity index (χ3n) is 3.20. The van der Waals surface area contributed by atoms with Crippen molar-refractivity contribution in [1.82, 2.24) is 0 Å². The van der Waals surface area contributed by atoms with Crippen LogP contribution in [0.1, 0.15) is 19.4 Å². The minimum absolute atomic E-state index is 0.00200. The first-order chi connectivity index (χ1) is 9.01. The van der Waals surface area contributed by atoms with Crippen LogP contribution in [0.2, 0.25) is 0 Å². The summed E-state index contributed by atoms with van der Waals surface area (Å²) in [5.41, 5.74) is 1.42. The number of benzene rings is 1. The zero-order chi connectivity index (χ0) is 14.0. The molecule has 1 aliphatic rings. The SMILES string of the molecule is CC1CN(c2ccc([N+](=O)[O-])cc2CO)CC(C)O1. The van der Waals surface area contributed by atoms with Gasteiger partial charge in [0.25, 0.3) is 5.69 Å². The summed E-state index contributed by atoms with van der Waals surface area (Å²) in [6, 6.07) is 4.61. The molecule has 0 aromatic heterocycles. The molecule has 0 radical (unpaired) electrons. The van der Waals surface area contributed by atoms with E-state index in [4.69, 9.17) is 4.74 Å². The summed E-state index contributed by atoms with van der Waals surface area (Å²) in [4.78, 5) is 12.4. The summed E-state index contributed by atoms with van der Waals surface area (Å²) in [6.45, 7) is 5.21. The summed E-state index contributed by atoms with van der Waals surface area (Å²) >= 11 is 0. The average molecular weight is 266 g/mol. The largest absolute Gasteiger partial charge is 0.392 e. The first kappa shape index (κ1) is 13.8. The van der Waals surface area contributed by atoms with Gasteiger partial charge in [0.05, 0.1) is 23.7 Å².